The second kappa shape index (κ2) is 7.63. The molecule has 0 saturated heterocycles. The molecule has 8 heteroatoms. The smallest absolute Gasteiger partial charge is 0.337 e. The Morgan fingerprint density at radius 3 is 2.57 bits per heavy atom. The number of nitrogens with zero attached hydrogens (tertiary/aromatic N) is 1. The van der Waals surface area contributed by atoms with Crippen LogP contribution in [0.1, 0.15) is 17.3 Å². The number of carboxylic acids is 1. The minimum Gasteiger partial charge on any atom is -0.478 e. The third-order valence-corrected chi connectivity index (χ3v) is 3.25. The van der Waals surface area contributed by atoms with Gasteiger partial charge >= 0.3 is 12.0 Å². The molecule has 1 rings (SSSR count). The molecule has 21 heavy (non-hydrogen) atoms. The maximum Gasteiger partial charge on any atom is 0.337 e. The SMILES string of the molecule is CCN(C)C(=O)CNC(=O)Nc1ccc(Br)cc1C(=O)O. The third-order valence-electron chi connectivity index (χ3n) is 2.76. The van der Waals surface area contributed by atoms with E-state index in [9.17, 15) is 14.4 Å². The summed E-state index contributed by atoms with van der Waals surface area (Å²) >= 11 is 3.16. The van der Waals surface area contributed by atoms with Crippen molar-refractivity contribution in [3.8, 4) is 0 Å². The Kier molecular flexibility index (Phi) is 6.16. The fraction of sp³-hybridized carbons (Fsp3) is 0.308. The predicted molar refractivity (Wildman–Crippen MR) is 81.4 cm³/mol. The van der Waals surface area contributed by atoms with Gasteiger partial charge < -0.3 is 20.6 Å². The molecular weight excluding hydrogens is 342 g/mol. The number of halogens is 1. The van der Waals surface area contributed by atoms with Crippen molar-refractivity contribution in [1.29, 1.82) is 0 Å². The van der Waals surface area contributed by atoms with Gasteiger partial charge in [0, 0.05) is 18.1 Å². The molecule has 1 aromatic carbocycles. The van der Waals surface area contributed by atoms with E-state index >= 15 is 0 Å². The molecule has 0 atom stereocenters. The first-order chi connectivity index (χ1) is 9.85. The van der Waals surface area contributed by atoms with Crippen LogP contribution in [0.2, 0.25) is 0 Å². The summed E-state index contributed by atoms with van der Waals surface area (Å²) in [5, 5.41) is 13.9. The zero-order chi connectivity index (χ0) is 16.0. The Bertz CT molecular complexity index is 562. The van der Waals surface area contributed by atoms with Crippen LogP contribution in [-0.2, 0) is 4.79 Å². The van der Waals surface area contributed by atoms with Gasteiger partial charge in [-0.25, -0.2) is 9.59 Å². The molecule has 0 unspecified atom stereocenters. The lowest BCUT2D eigenvalue weighted by atomic mass is 10.2. The first-order valence-electron chi connectivity index (χ1n) is 6.16. The number of benzene rings is 1. The molecule has 3 N–H and O–H groups in total. The van der Waals surface area contributed by atoms with Gasteiger partial charge in [-0.15, -0.1) is 0 Å². The summed E-state index contributed by atoms with van der Waals surface area (Å²) in [6.45, 7) is 2.20. The number of carboxylic acid groups (broad SMARTS) is 1. The lowest BCUT2D eigenvalue weighted by Gasteiger charge is -2.15. The number of likely N-dealkylation sites (N-methyl/N-ethyl adjacent to an activating group) is 1. The number of hydrogen-bond acceptors (Lipinski definition) is 3. The molecule has 0 fully saturated rings. The summed E-state index contributed by atoms with van der Waals surface area (Å²) in [4.78, 5) is 35.8. The number of anilines is 1. The van der Waals surface area contributed by atoms with Gasteiger partial charge in [-0.05, 0) is 25.1 Å². The van der Waals surface area contributed by atoms with Crippen LogP contribution in [-0.4, -0.2) is 48.1 Å². The number of aromatic carboxylic acids is 1. The van der Waals surface area contributed by atoms with E-state index in [1.54, 1.807) is 13.1 Å². The van der Waals surface area contributed by atoms with E-state index < -0.39 is 12.0 Å². The zero-order valence-corrected chi connectivity index (χ0v) is 13.2. The third kappa shape index (κ3) is 5.07. The molecule has 7 nitrogen and oxygen atoms in total. The highest BCUT2D eigenvalue weighted by molar-refractivity contribution is 9.10. The average molecular weight is 358 g/mol. The van der Waals surface area contributed by atoms with Crippen LogP contribution in [0.4, 0.5) is 10.5 Å². The molecule has 0 bridgehead atoms. The number of rotatable bonds is 5. The monoisotopic (exact) mass is 357 g/mol. The number of urea groups is 1. The summed E-state index contributed by atoms with van der Waals surface area (Å²) in [5.74, 6) is -1.39. The normalized spacial score (nSPS) is 9.86. The van der Waals surface area contributed by atoms with E-state index in [-0.39, 0.29) is 23.7 Å². The highest BCUT2D eigenvalue weighted by Crippen LogP contribution is 2.21. The summed E-state index contributed by atoms with van der Waals surface area (Å²) in [5.41, 5.74) is 0.107. The second-order valence-electron chi connectivity index (χ2n) is 4.21. The molecule has 1 aromatic rings. The molecule has 0 spiro atoms. The van der Waals surface area contributed by atoms with Crippen molar-refractivity contribution in [2.45, 2.75) is 6.92 Å². The molecule has 0 aliphatic heterocycles. The second-order valence-corrected chi connectivity index (χ2v) is 5.13. The van der Waals surface area contributed by atoms with E-state index in [2.05, 4.69) is 26.6 Å². The van der Waals surface area contributed by atoms with Crippen molar-refractivity contribution in [1.82, 2.24) is 10.2 Å². The molecule has 0 aromatic heterocycles. The van der Waals surface area contributed by atoms with Crippen LogP contribution in [0.25, 0.3) is 0 Å². The van der Waals surface area contributed by atoms with Crippen LogP contribution >= 0.6 is 15.9 Å². The number of carbonyl (C=O) groups is 3. The van der Waals surface area contributed by atoms with E-state index in [0.29, 0.717) is 11.0 Å². The van der Waals surface area contributed by atoms with Crippen LogP contribution in [0.3, 0.4) is 0 Å². The molecule has 114 valence electrons. The van der Waals surface area contributed by atoms with E-state index in [0.717, 1.165) is 0 Å². The zero-order valence-electron chi connectivity index (χ0n) is 11.6. The summed E-state index contributed by atoms with van der Waals surface area (Å²) in [6.07, 6.45) is 0. The van der Waals surface area contributed by atoms with Crippen molar-refractivity contribution in [2.75, 3.05) is 25.5 Å². The quantitative estimate of drug-likeness (QED) is 0.747. The minimum absolute atomic E-state index is 0.0449. The highest BCUT2D eigenvalue weighted by atomic mass is 79.9. The Hall–Kier alpha value is -2.09. The standard InChI is InChI=1S/C13H16BrN3O4/c1-3-17(2)11(18)7-15-13(21)16-10-5-4-8(14)6-9(10)12(19)20/h4-6H,3,7H2,1-2H3,(H,19,20)(H2,15,16,21). The molecular formula is C13H16BrN3O4. The Labute approximate surface area is 130 Å². The van der Waals surface area contributed by atoms with Crippen molar-refractivity contribution in [2.24, 2.45) is 0 Å². The topological polar surface area (TPSA) is 98.7 Å². The summed E-state index contributed by atoms with van der Waals surface area (Å²) in [6, 6.07) is 3.82. The van der Waals surface area contributed by atoms with Gasteiger partial charge in [-0.2, -0.15) is 0 Å². The first-order valence-corrected chi connectivity index (χ1v) is 6.96. The van der Waals surface area contributed by atoms with E-state index in [1.807, 2.05) is 6.92 Å². The predicted octanol–water partition coefficient (Wildman–Crippen LogP) is 1.75. The van der Waals surface area contributed by atoms with Crippen molar-refractivity contribution >= 4 is 39.5 Å². The van der Waals surface area contributed by atoms with Gasteiger partial charge in [0.05, 0.1) is 17.8 Å². The largest absolute Gasteiger partial charge is 0.478 e. The number of hydrogen-bond donors (Lipinski definition) is 3. The maximum atomic E-state index is 11.7. The van der Waals surface area contributed by atoms with Crippen LogP contribution in [0.5, 0.6) is 0 Å². The molecule has 0 aliphatic carbocycles. The van der Waals surface area contributed by atoms with Gasteiger partial charge in [0.25, 0.3) is 0 Å². The van der Waals surface area contributed by atoms with Crippen molar-refractivity contribution in [3.05, 3.63) is 28.2 Å². The van der Waals surface area contributed by atoms with E-state index in [4.69, 9.17) is 5.11 Å². The Balaban J connectivity index is 2.67. The van der Waals surface area contributed by atoms with Gasteiger partial charge in [0.2, 0.25) is 5.91 Å². The first kappa shape index (κ1) is 17.0. The number of nitrogens with one attached hydrogen (secondary N) is 2. The fourth-order valence-electron chi connectivity index (χ4n) is 1.44. The molecule has 3 amide bonds. The van der Waals surface area contributed by atoms with Crippen molar-refractivity contribution < 1.29 is 19.5 Å². The summed E-state index contributed by atoms with van der Waals surface area (Å²) in [7, 11) is 1.62. The van der Waals surface area contributed by atoms with Crippen LogP contribution in [0.15, 0.2) is 22.7 Å². The minimum atomic E-state index is -1.16. The Morgan fingerprint density at radius 1 is 1.33 bits per heavy atom. The molecule has 0 heterocycles. The Morgan fingerprint density at radius 2 is 2.00 bits per heavy atom. The highest BCUT2D eigenvalue weighted by Gasteiger charge is 2.14. The fourth-order valence-corrected chi connectivity index (χ4v) is 1.80. The van der Waals surface area contributed by atoms with Gasteiger partial charge in [0.15, 0.2) is 0 Å². The molecule has 0 saturated carbocycles. The van der Waals surface area contributed by atoms with Gasteiger partial charge in [0.1, 0.15) is 0 Å². The van der Waals surface area contributed by atoms with Crippen LogP contribution in [0, 0.1) is 0 Å². The van der Waals surface area contributed by atoms with Crippen LogP contribution < -0.4 is 10.6 Å². The van der Waals surface area contributed by atoms with Gasteiger partial charge in [-0.3, -0.25) is 4.79 Å². The van der Waals surface area contributed by atoms with E-state index in [1.165, 1.54) is 17.0 Å². The molecule has 0 radical (unpaired) electrons. The van der Waals surface area contributed by atoms with Crippen molar-refractivity contribution in [3.63, 3.8) is 0 Å². The lowest BCUT2D eigenvalue weighted by molar-refractivity contribution is -0.128. The average Bonchev–Trinajstić information content (AvgIpc) is 2.45. The lowest BCUT2D eigenvalue weighted by Crippen LogP contribution is -2.39. The number of amides is 3. The van der Waals surface area contributed by atoms with Gasteiger partial charge in [-0.1, -0.05) is 15.9 Å². The molecule has 0 aliphatic rings. The number of carbonyl (C=O) groups excluding carboxylic acids is 2. The maximum absolute atomic E-state index is 11.7. The summed E-state index contributed by atoms with van der Waals surface area (Å²) < 4.78 is 0.589.